The van der Waals surface area contributed by atoms with Crippen LogP contribution in [0.3, 0.4) is 0 Å². The Morgan fingerprint density at radius 2 is 1.29 bits per heavy atom. The van der Waals surface area contributed by atoms with Crippen molar-refractivity contribution in [3.63, 3.8) is 0 Å². The number of hydrogen-bond acceptors (Lipinski definition) is 9. The van der Waals surface area contributed by atoms with Crippen molar-refractivity contribution in [1.29, 1.82) is 0 Å². The minimum absolute atomic E-state index is 0.0586. The van der Waals surface area contributed by atoms with Crippen molar-refractivity contribution in [3.05, 3.63) is 118 Å². The summed E-state index contributed by atoms with van der Waals surface area (Å²) in [5.74, 6) is 1.12. The zero-order valence-electron chi connectivity index (χ0n) is 26.5. The van der Waals surface area contributed by atoms with Crippen LogP contribution in [0, 0.1) is 22.1 Å². The molecule has 0 spiro atoms. The molecule has 9 heterocycles. The molecule has 7 aromatic heterocycles. The van der Waals surface area contributed by atoms with E-state index in [-0.39, 0.29) is 23.7 Å². The maximum atomic E-state index is 14.3. The highest BCUT2D eigenvalue weighted by molar-refractivity contribution is 14.1. The van der Waals surface area contributed by atoms with Crippen LogP contribution in [0.2, 0.25) is 0 Å². The second-order valence-electron chi connectivity index (χ2n) is 12.0. The van der Waals surface area contributed by atoms with Gasteiger partial charge in [0, 0.05) is 44.1 Å². The van der Waals surface area contributed by atoms with Crippen LogP contribution in [0.25, 0.3) is 17.0 Å². The molecule has 2 saturated heterocycles. The molecule has 0 aromatic carbocycles. The first-order valence-corrected chi connectivity index (χ1v) is 17.1. The van der Waals surface area contributed by atoms with E-state index in [9.17, 15) is 8.78 Å². The Bertz CT molecular complexity index is 2260. The number of rotatable bonds is 5. The summed E-state index contributed by atoms with van der Waals surface area (Å²) in [5.41, 5.74) is 4.39. The van der Waals surface area contributed by atoms with Gasteiger partial charge in [-0.05, 0) is 97.2 Å². The van der Waals surface area contributed by atoms with Gasteiger partial charge in [-0.1, -0.05) is 0 Å². The van der Waals surface area contributed by atoms with E-state index in [2.05, 4.69) is 57.7 Å². The quantitative estimate of drug-likeness (QED) is 0.186. The second-order valence-corrected chi connectivity index (χ2v) is 13.2. The first-order valence-electron chi connectivity index (χ1n) is 16.0. The first-order chi connectivity index (χ1) is 23.9. The lowest BCUT2D eigenvalue weighted by molar-refractivity contribution is 0.562. The molecule has 248 valence electrons. The van der Waals surface area contributed by atoms with Crippen LogP contribution in [-0.2, 0) is 0 Å². The molecule has 2 aliphatic rings. The summed E-state index contributed by atoms with van der Waals surface area (Å²) in [6.07, 6.45) is 18.0. The number of aromatic nitrogens is 10. The fourth-order valence-corrected chi connectivity index (χ4v) is 7.13. The molecule has 0 N–H and O–H groups in total. The summed E-state index contributed by atoms with van der Waals surface area (Å²) in [4.78, 5) is 22.3. The molecule has 15 heteroatoms. The minimum atomic E-state index is -0.271. The highest BCUT2D eigenvalue weighted by Gasteiger charge is 2.32. The van der Waals surface area contributed by atoms with Crippen molar-refractivity contribution >= 4 is 45.5 Å². The van der Waals surface area contributed by atoms with Crippen LogP contribution in [0.15, 0.2) is 86.0 Å². The first kappa shape index (κ1) is 31.2. The fourth-order valence-electron chi connectivity index (χ4n) is 6.64. The third-order valence-corrected chi connectivity index (χ3v) is 9.67. The average molecular weight is 773 g/mol. The Morgan fingerprint density at radius 1 is 0.714 bits per heavy atom. The standard InChI is InChI=1S/C19H18FN7.C15H13FIN5/c1-13-10-22-27(12-13)16-11-23-26-9-6-17(24-19(16)26)25-8-3-5-15(25)18-14(20)4-2-7-21-18;16-10-3-1-6-18-14(10)12-4-2-7-21(12)13-5-8-22-15(20-13)11(17)9-19-22/h2,4,6-7,9-12,15H,3,5,8H2,1H3;1,3,5-6,8-9,12H,2,4,7H2/t15-;12-/m11/s1. The summed E-state index contributed by atoms with van der Waals surface area (Å²) in [6, 6.07) is 9.84. The smallest absolute Gasteiger partial charge is 0.183 e. The Kier molecular flexibility index (Phi) is 8.35. The molecule has 0 aliphatic carbocycles. The van der Waals surface area contributed by atoms with Gasteiger partial charge >= 0.3 is 0 Å². The van der Waals surface area contributed by atoms with Gasteiger partial charge in [0.25, 0.3) is 0 Å². The van der Waals surface area contributed by atoms with E-state index in [1.54, 1.807) is 56.8 Å². The summed E-state index contributed by atoms with van der Waals surface area (Å²) < 4.78 is 34.6. The van der Waals surface area contributed by atoms with Gasteiger partial charge in [0.15, 0.2) is 11.3 Å². The topological polar surface area (TPSA) is 110 Å². The monoisotopic (exact) mass is 772 g/mol. The van der Waals surface area contributed by atoms with Crippen LogP contribution in [0.4, 0.5) is 20.4 Å². The molecule has 9 rings (SSSR count). The molecule has 7 aromatic rings. The molecule has 0 unspecified atom stereocenters. The summed E-state index contributed by atoms with van der Waals surface area (Å²) in [7, 11) is 0. The van der Waals surface area contributed by atoms with Gasteiger partial charge in [0.1, 0.15) is 29.0 Å². The number of nitrogens with zero attached hydrogens (tertiary/aromatic N) is 12. The number of pyridine rings is 2. The lowest BCUT2D eigenvalue weighted by atomic mass is 10.1. The Balaban J connectivity index is 0.000000145. The average Bonchev–Trinajstić information content (AvgIpc) is 3.96. The zero-order chi connectivity index (χ0) is 33.5. The zero-order valence-corrected chi connectivity index (χ0v) is 28.6. The normalized spacial score (nSPS) is 17.6. The van der Waals surface area contributed by atoms with Crippen LogP contribution in [0.1, 0.15) is 54.7 Å². The SMILES string of the molecule is Cc1cnn(-c2cnn3ccc(N4CCC[C@@H]4c4ncccc4F)nc23)c1.Fc1cccnc1[C@H]1CCCN1c1ccn2ncc(I)c2n1. The molecule has 2 atom stereocenters. The van der Waals surface area contributed by atoms with Gasteiger partial charge in [0.2, 0.25) is 0 Å². The predicted octanol–water partition coefficient (Wildman–Crippen LogP) is 6.31. The van der Waals surface area contributed by atoms with E-state index >= 15 is 0 Å². The third kappa shape index (κ3) is 5.95. The third-order valence-electron chi connectivity index (χ3n) is 8.90. The van der Waals surface area contributed by atoms with E-state index in [1.807, 2.05) is 37.6 Å². The number of hydrogen-bond donors (Lipinski definition) is 0. The maximum Gasteiger partial charge on any atom is 0.183 e. The molecule has 2 fully saturated rings. The number of anilines is 2. The van der Waals surface area contributed by atoms with E-state index < -0.39 is 0 Å². The van der Waals surface area contributed by atoms with E-state index in [0.29, 0.717) is 17.0 Å². The highest BCUT2D eigenvalue weighted by Crippen LogP contribution is 2.37. The predicted molar refractivity (Wildman–Crippen MR) is 188 cm³/mol. The van der Waals surface area contributed by atoms with Gasteiger partial charge in [-0.25, -0.2) is 32.5 Å². The lowest BCUT2D eigenvalue weighted by Crippen LogP contribution is -2.25. The highest BCUT2D eigenvalue weighted by atomic mass is 127. The second kappa shape index (κ2) is 13.1. The Hall–Kier alpha value is -5.06. The molecule has 0 bridgehead atoms. The van der Waals surface area contributed by atoms with Gasteiger partial charge < -0.3 is 9.80 Å². The minimum Gasteiger partial charge on any atom is -0.348 e. The lowest BCUT2D eigenvalue weighted by Gasteiger charge is -2.25. The molecular formula is C34H31F2IN12. The van der Waals surface area contributed by atoms with Crippen molar-refractivity contribution in [2.75, 3.05) is 22.9 Å². The maximum absolute atomic E-state index is 14.3. The molecular weight excluding hydrogens is 741 g/mol. The van der Waals surface area contributed by atoms with E-state index in [4.69, 9.17) is 9.97 Å². The molecule has 12 nitrogen and oxygen atoms in total. The number of aryl methyl sites for hydroxylation is 1. The Morgan fingerprint density at radius 3 is 1.86 bits per heavy atom. The van der Waals surface area contributed by atoms with Crippen molar-refractivity contribution in [2.24, 2.45) is 0 Å². The van der Waals surface area contributed by atoms with Crippen molar-refractivity contribution in [2.45, 2.75) is 44.7 Å². The van der Waals surface area contributed by atoms with Crippen LogP contribution < -0.4 is 9.80 Å². The van der Waals surface area contributed by atoms with E-state index in [1.165, 1.54) is 12.1 Å². The van der Waals surface area contributed by atoms with Gasteiger partial charge in [-0.2, -0.15) is 15.3 Å². The molecule has 0 radical (unpaired) electrons. The molecule has 0 saturated carbocycles. The van der Waals surface area contributed by atoms with Crippen LogP contribution >= 0.6 is 22.6 Å². The van der Waals surface area contributed by atoms with Crippen molar-refractivity contribution in [1.82, 2.24) is 48.9 Å². The van der Waals surface area contributed by atoms with Crippen molar-refractivity contribution < 1.29 is 8.78 Å². The number of fused-ring (bicyclic) bond motifs is 2. The molecule has 2 aliphatic heterocycles. The van der Waals surface area contributed by atoms with Gasteiger partial charge in [-0.15, -0.1) is 0 Å². The summed E-state index contributed by atoms with van der Waals surface area (Å²) >= 11 is 2.22. The molecule has 49 heavy (non-hydrogen) atoms. The van der Waals surface area contributed by atoms with Crippen LogP contribution in [0.5, 0.6) is 0 Å². The Labute approximate surface area is 293 Å². The number of halogens is 3. The summed E-state index contributed by atoms with van der Waals surface area (Å²) in [6.45, 7) is 3.66. The van der Waals surface area contributed by atoms with Crippen LogP contribution in [-0.4, -0.2) is 62.0 Å². The fraction of sp³-hybridized carbons (Fsp3) is 0.265. The van der Waals surface area contributed by atoms with Gasteiger partial charge in [0.05, 0.1) is 45.6 Å². The largest absolute Gasteiger partial charge is 0.348 e. The summed E-state index contributed by atoms with van der Waals surface area (Å²) in [5, 5.41) is 13.0. The van der Waals surface area contributed by atoms with E-state index in [0.717, 1.165) is 70.9 Å². The van der Waals surface area contributed by atoms with Crippen molar-refractivity contribution in [3.8, 4) is 5.69 Å². The van der Waals surface area contributed by atoms with Gasteiger partial charge in [-0.3, -0.25) is 9.97 Å². The molecule has 0 amide bonds.